The summed E-state index contributed by atoms with van der Waals surface area (Å²) in [5.74, 6) is 0.0249. The molecule has 0 radical (unpaired) electrons. The number of epoxide rings is 1. The summed E-state index contributed by atoms with van der Waals surface area (Å²) in [6, 6.07) is 0. The maximum atomic E-state index is 11.8. The Hall–Kier alpha value is -0.930. The van der Waals surface area contributed by atoms with E-state index < -0.39 is 11.5 Å². The van der Waals surface area contributed by atoms with E-state index in [1.54, 1.807) is 12.2 Å². The van der Waals surface area contributed by atoms with E-state index >= 15 is 0 Å². The van der Waals surface area contributed by atoms with Gasteiger partial charge in [-0.1, -0.05) is 26.0 Å². The van der Waals surface area contributed by atoms with E-state index in [1.165, 1.54) is 0 Å². The summed E-state index contributed by atoms with van der Waals surface area (Å²) < 4.78 is 5.69. The second kappa shape index (κ2) is 4.32. The Morgan fingerprint density at radius 3 is 2.72 bits per heavy atom. The smallest absolute Gasteiger partial charge is 0.180 e. The van der Waals surface area contributed by atoms with Gasteiger partial charge in [-0.25, -0.2) is 0 Å². The van der Waals surface area contributed by atoms with E-state index in [9.17, 15) is 9.90 Å². The van der Waals surface area contributed by atoms with Crippen LogP contribution in [-0.2, 0) is 9.53 Å². The first-order valence-electron chi connectivity index (χ1n) is 6.52. The fourth-order valence-electron chi connectivity index (χ4n) is 2.44. The lowest BCUT2D eigenvalue weighted by Gasteiger charge is -2.26. The van der Waals surface area contributed by atoms with Gasteiger partial charge in [0.2, 0.25) is 0 Å². The number of ketones is 1. The molecular weight excluding hydrogens is 228 g/mol. The summed E-state index contributed by atoms with van der Waals surface area (Å²) in [6.07, 6.45) is 6.27. The van der Waals surface area contributed by atoms with Crippen LogP contribution in [-0.4, -0.2) is 28.7 Å². The molecule has 3 nitrogen and oxygen atoms in total. The highest BCUT2D eigenvalue weighted by atomic mass is 16.6. The van der Waals surface area contributed by atoms with Crippen molar-refractivity contribution in [2.45, 2.75) is 58.3 Å². The Labute approximate surface area is 109 Å². The quantitative estimate of drug-likeness (QED) is 0.672. The number of allylic oxidation sites excluding steroid dienone is 3. The molecule has 18 heavy (non-hydrogen) atoms. The lowest BCUT2D eigenvalue weighted by Crippen LogP contribution is -2.35. The molecule has 2 aliphatic rings. The number of aliphatic hydroxyl groups is 1. The molecule has 0 aromatic carbocycles. The average Bonchev–Trinajstić information content (AvgIpc) is 2.96. The van der Waals surface area contributed by atoms with Crippen LogP contribution < -0.4 is 0 Å². The predicted molar refractivity (Wildman–Crippen MR) is 70.2 cm³/mol. The Bertz CT molecular complexity index is 419. The molecular formula is C15H22O3. The second-order valence-electron chi connectivity index (χ2n) is 6.24. The Balaban J connectivity index is 2.29. The van der Waals surface area contributed by atoms with E-state index in [4.69, 9.17) is 4.74 Å². The zero-order valence-electron chi connectivity index (χ0n) is 11.6. The van der Waals surface area contributed by atoms with Crippen LogP contribution in [0.2, 0.25) is 0 Å². The molecule has 0 spiro atoms. The fourth-order valence-corrected chi connectivity index (χ4v) is 2.44. The largest absolute Gasteiger partial charge is 0.389 e. The zero-order chi connectivity index (χ0) is 13.6. The van der Waals surface area contributed by atoms with Crippen LogP contribution in [0.5, 0.6) is 0 Å². The van der Waals surface area contributed by atoms with Crippen molar-refractivity contribution >= 4 is 5.78 Å². The van der Waals surface area contributed by atoms with Crippen molar-refractivity contribution in [1.29, 1.82) is 0 Å². The molecule has 0 amide bonds. The standard InChI is InChI=1S/C15H22O3/c1-10-6-5-8-15(4)13(18-15)12(17)14(2,3)9-7-11(10)16/h6-7,9,12-13,17H,5,8H2,1-4H3/b9-7+,10-6+/t12-,13?,15-/m1/s1. The van der Waals surface area contributed by atoms with Gasteiger partial charge < -0.3 is 9.84 Å². The number of carbonyl (C=O) groups excluding carboxylic acids is 1. The number of hydrogen-bond donors (Lipinski definition) is 1. The molecule has 1 N–H and O–H groups in total. The molecule has 3 heteroatoms. The summed E-state index contributed by atoms with van der Waals surface area (Å²) in [7, 11) is 0. The van der Waals surface area contributed by atoms with Gasteiger partial charge in [0, 0.05) is 5.41 Å². The molecule has 1 aliphatic carbocycles. The van der Waals surface area contributed by atoms with Crippen LogP contribution in [0.15, 0.2) is 23.8 Å². The summed E-state index contributed by atoms with van der Waals surface area (Å²) >= 11 is 0. The summed E-state index contributed by atoms with van der Waals surface area (Å²) in [6.45, 7) is 7.73. The van der Waals surface area contributed by atoms with Gasteiger partial charge in [-0.2, -0.15) is 0 Å². The predicted octanol–water partition coefficient (Wildman–Crippen LogP) is 2.40. The summed E-state index contributed by atoms with van der Waals surface area (Å²) in [5.41, 5.74) is 0.0662. The SMILES string of the molecule is C/C1=C\CC[C@@]2(C)OC2[C@@H](O)C(C)(C)/C=C/C1=O. The van der Waals surface area contributed by atoms with Crippen LogP contribution >= 0.6 is 0 Å². The van der Waals surface area contributed by atoms with Gasteiger partial charge in [-0.05, 0) is 38.3 Å². The van der Waals surface area contributed by atoms with Gasteiger partial charge in [-0.3, -0.25) is 4.79 Å². The van der Waals surface area contributed by atoms with Gasteiger partial charge in [0.25, 0.3) is 0 Å². The lowest BCUT2D eigenvalue weighted by molar-refractivity contribution is -0.111. The molecule has 2 rings (SSSR count). The maximum absolute atomic E-state index is 11.8. The van der Waals surface area contributed by atoms with Crippen LogP contribution in [0.25, 0.3) is 0 Å². The van der Waals surface area contributed by atoms with Crippen molar-refractivity contribution in [2.24, 2.45) is 5.41 Å². The third-order valence-corrected chi connectivity index (χ3v) is 4.13. The maximum Gasteiger partial charge on any atom is 0.180 e. The number of carbonyl (C=O) groups is 1. The van der Waals surface area contributed by atoms with Gasteiger partial charge >= 0.3 is 0 Å². The normalized spacial score (nSPS) is 44.3. The van der Waals surface area contributed by atoms with Crippen LogP contribution in [0.1, 0.15) is 40.5 Å². The minimum Gasteiger partial charge on any atom is -0.389 e. The topological polar surface area (TPSA) is 49.8 Å². The van der Waals surface area contributed by atoms with Crippen LogP contribution in [0, 0.1) is 5.41 Å². The first-order valence-corrected chi connectivity index (χ1v) is 6.52. The molecule has 0 aromatic rings. The van der Waals surface area contributed by atoms with E-state index in [0.717, 1.165) is 18.4 Å². The first-order chi connectivity index (χ1) is 8.26. The minimum absolute atomic E-state index is 0.0249. The molecule has 1 unspecified atom stereocenters. The monoisotopic (exact) mass is 250 g/mol. The molecule has 1 heterocycles. The summed E-state index contributed by atoms with van der Waals surface area (Å²) in [5, 5.41) is 10.4. The Kier molecular flexibility index (Phi) is 3.24. The molecule has 1 aliphatic heterocycles. The van der Waals surface area contributed by atoms with Crippen LogP contribution in [0.4, 0.5) is 0 Å². The van der Waals surface area contributed by atoms with Gasteiger partial charge in [0.1, 0.15) is 6.10 Å². The van der Waals surface area contributed by atoms with E-state index in [1.807, 2.05) is 33.8 Å². The number of hydrogen-bond acceptors (Lipinski definition) is 3. The highest BCUT2D eigenvalue weighted by Crippen LogP contribution is 2.47. The second-order valence-corrected chi connectivity index (χ2v) is 6.24. The van der Waals surface area contributed by atoms with E-state index in [-0.39, 0.29) is 17.5 Å². The zero-order valence-corrected chi connectivity index (χ0v) is 11.6. The molecule has 100 valence electrons. The highest BCUT2D eigenvalue weighted by Gasteiger charge is 2.58. The Morgan fingerprint density at radius 2 is 2.06 bits per heavy atom. The molecule has 0 bridgehead atoms. The minimum atomic E-state index is -0.579. The van der Waals surface area contributed by atoms with Crippen molar-refractivity contribution in [3.05, 3.63) is 23.8 Å². The van der Waals surface area contributed by atoms with E-state index in [0.29, 0.717) is 0 Å². The molecule has 0 saturated carbocycles. The van der Waals surface area contributed by atoms with Crippen molar-refractivity contribution in [1.82, 2.24) is 0 Å². The average molecular weight is 250 g/mol. The van der Waals surface area contributed by atoms with Crippen molar-refractivity contribution in [2.75, 3.05) is 0 Å². The van der Waals surface area contributed by atoms with Gasteiger partial charge in [0.05, 0.1) is 11.7 Å². The van der Waals surface area contributed by atoms with Crippen molar-refractivity contribution < 1.29 is 14.6 Å². The fraction of sp³-hybridized carbons (Fsp3) is 0.667. The highest BCUT2D eigenvalue weighted by molar-refractivity contribution is 6.03. The number of ether oxygens (including phenoxy) is 1. The molecule has 1 saturated heterocycles. The van der Waals surface area contributed by atoms with Gasteiger partial charge in [0.15, 0.2) is 5.78 Å². The molecule has 3 atom stereocenters. The lowest BCUT2D eigenvalue weighted by atomic mass is 9.81. The number of fused-ring (bicyclic) bond motifs is 1. The van der Waals surface area contributed by atoms with Gasteiger partial charge in [-0.15, -0.1) is 0 Å². The Morgan fingerprint density at radius 1 is 1.39 bits per heavy atom. The molecule has 1 fully saturated rings. The third kappa shape index (κ3) is 2.43. The first kappa shape index (κ1) is 13.5. The van der Waals surface area contributed by atoms with E-state index in [2.05, 4.69) is 0 Å². The third-order valence-electron chi connectivity index (χ3n) is 4.13. The van der Waals surface area contributed by atoms with Crippen molar-refractivity contribution in [3.63, 3.8) is 0 Å². The number of rotatable bonds is 0. The van der Waals surface area contributed by atoms with Crippen molar-refractivity contribution in [3.8, 4) is 0 Å². The molecule has 0 aromatic heterocycles. The summed E-state index contributed by atoms with van der Waals surface area (Å²) in [4.78, 5) is 11.8. The number of aliphatic hydroxyl groups excluding tert-OH is 1. The van der Waals surface area contributed by atoms with Crippen LogP contribution in [0.3, 0.4) is 0 Å².